The van der Waals surface area contributed by atoms with Crippen LogP contribution in [-0.4, -0.2) is 35.2 Å². The first-order valence-corrected chi connectivity index (χ1v) is 4.94. The van der Waals surface area contributed by atoms with Crippen molar-refractivity contribution in [2.45, 2.75) is 25.2 Å². The zero-order valence-corrected chi connectivity index (χ0v) is 9.66. The van der Waals surface area contributed by atoms with E-state index in [4.69, 9.17) is 5.26 Å². The van der Waals surface area contributed by atoms with Crippen LogP contribution >= 0.6 is 12.0 Å². The maximum absolute atomic E-state index is 12.7. The maximum Gasteiger partial charge on any atom is 0.415 e. The van der Waals surface area contributed by atoms with E-state index in [1.807, 2.05) is 0 Å². The van der Waals surface area contributed by atoms with Crippen LogP contribution in [-0.2, 0) is 28.4 Å². The van der Waals surface area contributed by atoms with Gasteiger partial charge in [0.1, 0.15) is 12.0 Å². The number of alkyl halides is 2. The topological polar surface area (TPSA) is 91.3 Å². The monoisotopic (exact) mass is 276 g/mol. The summed E-state index contributed by atoms with van der Waals surface area (Å²) in [5.74, 6) is -2.99. The molecule has 0 bridgehead atoms. The zero-order valence-electron chi connectivity index (χ0n) is 8.85. The number of hydrogen-bond donors (Lipinski definition) is 1. The van der Waals surface area contributed by atoms with Gasteiger partial charge in [-0.1, -0.05) is 5.04 Å². The van der Waals surface area contributed by atoms with Gasteiger partial charge < -0.3 is 9.47 Å². The molecule has 0 aliphatic heterocycles. The van der Waals surface area contributed by atoms with Crippen molar-refractivity contribution < 1.29 is 42.5 Å². The van der Waals surface area contributed by atoms with Gasteiger partial charge in [0.05, 0.1) is 6.10 Å². The first kappa shape index (κ1) is 16.0. The molecule has 0 unspecified atom stereocenters. The molecule has 0 atom stereocenters. The van der Waals surface area contributed by atoms with Crippen molar-refractivity contribution in [3.63, 3.8) is 0 Å². The van der Waals surface area contributed by atoms with E-state index < -0.39 is 41.9 Å². The van der Waals surface area contributed by atoms with Crippen molar-refractivity contribution in [2.24, 2.45) is 0 Å². The largest absolute Gasteiger partial charge is 0.460 e. The standard InChI is InChI=1S/C7H10F2O7S/c1-4(2)14-5(10)3-13-6(11)7(8,9)17-16-15-12/h4,12H,3H2,1-2H3. The number of rotatable bonds is 7. The molecule has 0 saturated carbocycles. The second-order valence-electron chi connectivity index (χ2n) is 2.86. The second-order valence-corrected chi connectivity index (χ2v) is 3.67. The van der Waals surface area contributed by atoms with Gasteiger partial charge in [-0.2, -0.15) is 8.78 Å². The van der Waals surface area contributed by atoms with E-state index in [2.05, 4.69) is 18.8 Å². The summed E-state index contributed by atoms with van der Waals surface area (Å²) in [6.07, 6.45) is -0.456. The third-order valence-corrected chi connectivity index (χ3v) is 1.60. The molecule has 0 spiro atoms. The number of carbonyl (C=O) groups excluding carboxylic acids is 2. The highest BCUT2D eigenvalue weighted by Crippen LogP contribution is 2.31. The fourth-order valence-corrected chi connectivity index (χ4v) is 0.840. The minimum Gasteiger partial charge on any atom is -0.460 e. The van der Waals surface area contributed by atoms with E-state index in [0.29, 0.717) is 0 Å². The lowest BCUT2D eigenvalue weighted by molar-refractivity contribution is -0.433. The molecule has 0 aliphatic rings. The molecule has 7 nitrogen and oxygen atoms in total. The van der Waals surface area contributed by atoms with Crippen molar-refractivity contribution in [3.8, 4) is 0 Å². The van der Waals surface area contributed by atoms with Gasteiger partial charge in [0, 0.05) is 0 Å². The van der Waals surface area contributed by atoms with Crippen molar-refractivity contribution in [2.75, 3.05) is 6.61 Å². The number of halogens is 2. The van der Waals surface area contributed by atoms with Gasteiger partial charge in [0.25, 0.3) is 0 Å². The number of carbonyl (C=O) groups is 2. The Bertz CT molecular complexity index is 271. The Morgan fingerprint density at radius 2 is 2.00 bits per heavy atom. The number of hydrogen-bond acceptors (Lipinski definition) is 8. The lowest BCUT2D eigenvalue weighted by Crippen LogP contribution is -2.30. The highest BCUT2D eigenvalue weighted by Gasteiger charge is 2.44. The van der Waals surface area contributed by atoms with Crippen LogP contribution in [0.4, 0.5) is 8.78 Å². The summed E-state index contributed by atoms with van der Waals surface area (Å²) in [6, 6.07) is 0. The van der Waals surface area contributed by atoms with Crippen molar-refractivity contribution in [1.82, 2.24) is 0 Å². The van der Waals surface area contributed by atoms with E-state index >= 15 is 0 Å². The average Bonchev–Trinajstić information content (AvgIpc) is 2.22. The van der Waals surface area contributed by atoms with Gasteiger partial charge in [-0.3, -0.25) is 0 Å². The van der Waals surface area contributed by atoms with Crippen LogP contribution in [0.3, 0.4) is 0 Å². The van der Waals surface area contributed by atoms with Crippen LogP contribution in [0.25, 0.3) is 0 Å². The first-order valence-electron chi connectivity index (χ1n) is 4.20. The molecule has 17 heavy (non-hydrogen) atoms. The summed E-state index contributed by atoms with van der Waals surface area (Å²) < 4.78 is 37.4. The Morgan fingerprint density at radius 3 is 2.47 bits per heavy atom. The van der Waals surface area contributed by atoms with Crippen LogP contribution in [0.1, 0.15) is 13.8 Å². The highest BCUT2D eigenvalue weighted by atomic mass is 32.2. The Morgan fingerprint density at radius 1 is 1.41 bits per heavy atom. The van der Waals surface area contributed by atoms with E-state index in [0.717, 1.165) is 0 Å². The van der Waals surface area contributed by atoms with E-state index in [9.17, 15) is 18.4 Å². The van der Waals surface area contributed by atoms with Crippen LogP contribution < -0.4 is 0 Å². The summed E-state index contributed by atoms with van der Waals surface area (Å²) in [7, 11) is 0. The maximum atomic E-state index is 12.7. The van der Waals surface area contributed by atoms with Crippen molar-refractivity contribution in [1.29, 1.82) is 0 Å². The van der Waals surface area contributed by atoms with Gasteiger partial charge in [-0.25, -0.2) is 14.8 Å². The van der Waals surface area contributed by atoms with E-state index in [-0.39, 0.29) is 0 Å². The van der Waals surface area contributed by atoms with Gasteiger partial charge in [0.2, 0.25) is 0 Å². The molecule has 1 N–H and O–H groups in total. The zero-order chi connectivity index (χ0) is 13.5. The Labute approximate surface area is 99.0 Å². The molecule has 0 heterocycles. The number of ether oxygens (including phenoxy) is 2. The minimum absolute atomic E-state index is 0.456. The molecule has 100 valence electrons. The van der Waals surface area contributed by atoms with Crippen LogP contribution in [0, 0.1) is 0 Å². The van der Waals surface area contributed by atoms with Crippen LogP contribution in [0.15, 0.2) is 0 Å². The smallest absolute Gasteiger partial charge is 0.415 e. The van der Waals surface area contributed by atoms with E-state index in [1.165, 1.54) is 13.8 Å². The first-order chi connectivity index (χ1) is 7.79. The molecular formula is C7H10F2O7S. The summed E-state index contributed by atoms with van der Waals surface area (Å²) in [4.78, 5) is 21.6. The molecule has 0 rings (SSSR count). The summed E-state index contributed by atoms with van der Waals surface area (Å²) in [5.41, 5.74) is 0. The lowest BCUT2D eigenvalue weighted by atomic mass is 10.5. The quantitative estimate of drug-likeness (QED) is 0.320. The SMILES string of the molecule is CC(C)OC(=O)COC(=O)C(F)(F)SOOO. The predicted molar refractivity (Wildman–Crippen MR) is 49.5 cm³/mol. The molecule has 0 amide bonds. The predicted octanol–water partition coefficient (Wildman–Crippen LogP) is 1.14. The minimum atomic E-state index is -4.12. The van der Waals surface area contributed by atoms with Gasteiger partial charge in [-0.05, 0) is 13.8 Å². The molecule has 0 aliphatic carbocycles. The second kappa shape index (κ2) is 7.37. The Hall–Kier alpha value is -0.970. The molecule has 0 saturated heterocycles. The summed E-state index contributed by atoms with van der Waals surface area (Å²) >= 11 is -0.780. The summed E-state index contributed by atoms with van der Waals surface area (Å²) in [6.45, 7) is 2.13. The Kier molecular flexibility index (Phi) is 6.95. The lowest BCUT2D eigenvalue weighted by Gasteiger charge is -2.12. The number of esters is 2. The molecular weight excluding hydrogens is 266 g/mol. The fourth-order valence-electron chi connectivity index (χ4n) is 0.597. The van der Waals surface area contributed by atoms with Gasteiger partial charge >= 0.3 is 17.2 Å². The fraction of sp³-hybridized carbons (Fsp3) is 0.714. The molecule has 0 fully saturated rings. The van der Waals surface area contributed by atoms with Crippen LogP contribution in [0.5, 0.6) is 0 Å². The van der Waals surface area contributed by atoms with Crippen LogP contribution in [0.2, 0.25) is 0 Å². The third kappa shape index (κ3) is 7.05. The van der Waals surface area contributed by atoms with E-state index in [1.54, 1.807) is 0 Å². The molecule has 0 aromatic rings. The van der Waals surface area contributed by atoms with Crippen molar-refractivity contribution >= 4 is 24.0 Å². The molecule has 0 radical (unpaired) electrons. The average molecular weight is 276 g/mol. The third-order valence-electron chi connectivity index (χ3n) is 1.10. The Balaban J connectivity index is 4.04. The van der Waals surface area contributed by atoms with Gasteiger partial charge in [-0.15, -0.1) is 4.33 Å². The molecule has 0 aromatic carbocycles. The normalized spacial score (nSPS) is 11.4. The van der Waals surface area contributed by atoms with Crippen molar-refractivity contribution in [3.05, 3.63) is 0 Å². The highest BCUT2D eigenvalue weighted by molar-refractivity contribution is 7.96. The molecule has 0 aromatic heterocycles. The summed E-state index contributed by atoms with van der Waals surface area (Å²) in [5, 5.41) is 6.39. The molecule has 10 heteroatoms. The van der Waals surface area contributed by atoms with Gasteiger partial charge in [0.15, 0.2) is 6.61 Å².